The summed E-state index contributed by atoms with van der Waals surface area (Å²) in [6.45, 7) is 14.7. The summed E-state index contributed by atoms with van der Waals surface area (Å²) >= 11 is 0. The first-order valence-electron chi connectivity index (χ1n) is 4.64. The highest BCUT2D eigenvalue weighted by Gasteiger charge is 2.10. The third-order valence-electron chi connectivity index (χ3n) is 1.77. The SMILES string of the molecule is C=C(C[SiH2]OC(C)(C)C)C(C)C. The molecular formula is C10H22OSi. The lowest BCUT2D eigenvalue weighted by Crippen LogP contribution is -2.21. The van der Waals surface area contributed by atoms with E-state index in [1.807, 2.05) is 0 Å². The molecule has 0 aromatic rings. The summed E-state index contributed by atoms with van der Waals surface area (Å²) in [7, 11) is -0.383. The summed E-state index contributed by atoms with van der Waals surface area (Å²) in [5, 5.41) is 0. The van der Waals surface area contributed by atoms with Gasteiger partial charge in [0.2, 0.25) is 0 Å². The van der Waals surface area contributed by atoms with Gasteiger partial charge < -0.3 is 4.43 Å². The van der Waals surface area contributed by atoms with Crippen molar-refractivity contribution >= 4 is 9.76 Å². The van der Waals surface area contributed by atoms with Gasteiger partial charge in [-0.1, -0.05) is 26.0 Å². The minimum atomic E-state index is -0.383. The van der Waals surface area contributed by atoms with Gasteiger partial charge in [0.25, 0.3) is 0 Å². The molecule has 0 radical (unpaired) electrons. The highest BCUT2D eigenvalue weighted by molar-refractivity contribution is 6.28. The number of hydrogen-bond acceptors (Lipinski definition) is 1. The summed E-state index contributed by atoms with van der Waals surface area (Å²) in [5.41, 5.74) is 1.38. The fourth-order valence-corrected chi connectivity index (χ4v) is 2.33. The molecule has 0 rings (SSSR count). The first-order valence-corrected chi connectivity index (χ1v) is 6.22. The van der Waals surface area contributed by atoms with Crippen molar-refractivity contribution in [1.29, 1.82) is 0 Å². The van der Waals surface area contributed by atoms with Gasteiger partial charge in [-0.05, 0) is 32.7 Å². The largest absolute Gasteiger partial charge is 0.419 e. The first-order chi connectivity index (χ1) is 5.33. The van der Waals surface area contributed by atoms with Crippen molar-refractivity contribution in [3.05, 3.63) is 12.2 Å². The molecule has 0 heterocycles. The minimum absolute atomic E-state index is 0.0451. The second kappa shape index (κ2) is 4.82. The molecule has 72 valence electrons. The van der Waals surface area contributed by atoms with E-state index in [2.05, 4.69) is 41.2 Å². The molecular weight excluding hydrogens is 164 g/mol. The van der Waals surface area contributed by atoms with Crippen LogP contribution >= 0.6 is 0 Å². The third-order valence-corrected chi connectivity index (χ3v) is 3.69. The normalized spacial score (nSPS) is 13.2. The van der Waals surface area contributed by atoms with Gasteiger partial charge in [0.1, 0.15) is 0 Å². The fourth-order valence-electron chi connectivity index (χ4n) is 0.777. The van der Waals surface area contributed by atoms with Crippen LogP contribution in [0.3, 0.4) is 0 Å². The van der Waals surface area contributed by atoms with Gasteiger partial charge in [0.15, 0.2) is 9.76 Å². The van der Waals surface area contributed by atoms with Gasteiger partial charge in [0.05, 0.1) is 0 Å². The molecule has 0 bridgehead atoms. The Morgan fingerprint density at radius 2 is 1.92 bits per heavy atom. The standard InChI is InChI=1S/C10H22OSi/c1-8(2)9(3)7-12-11-10(4,5)6/h8H,3,7,12H2,1-2,4-6H3. The van der Waals surface area contributed by atoms with Crippen molar-refractivity contribution in [3.8, 4) is 0 Å². The van der Waals surface area contributed by atoms with Crippen molar-refractivity contribution in [2.75, 3.05) is 0 Å². The van der Waals surface area contributed by atoms with Crippen LogP contribution < -0.4 is 0 Å². The Morgan fingerprint density at radius 3 is 2.25 bits per heavy atom. The van der Waals surface area contributed by atoms with Gasteiger partial charge in [0, 0.05) is 5.60 Å². The van der Waals surface area contributed by atoms with E-state index in [0.29, 0.717) is 5.92 Å². The van der Waals surface area contributed by atoms with Crippen LogP contribution in [0.15, 0.2) is 12.2 Å². The molecule has 0 saturated carbocycles. The van der Waals surface area contributed by atoms with Gasteiger partial charge >= 0.3 is 0 Å². The molecule has 0 aromatic heterocycles. The van der Waals surface area contributed by atoms with E-state index >= 15 is 0 Å². The van der Waals surface area contributed by atoms with Gasteiger partial charge in [-0.2, -0.15) is 0 Å². The van der Waals surface area contributed by atoms with E-state index in [0.717, 1.165) is 6.04 Å². The van der Waals surface area contributed by atoms with Crippen LogP contribution in [0, 0.1) is 5.92 Å². The van der Waals surface area contributed by atoms with Crippen molar-refractivity contribution < 1.29 is 4.43 Å². The summed E-state index contributed by atoms with van der Waals surface area (Å²) in [5.74, 6) is 0.612. The number of rotatable bonds is 4. The lowest BCUT2D eigenvalue weighted by molar-refractivity contribution is 0.138. The van der Waals surface area contributed by atoms with E-state index in [4.69, 9.17) is 4.43 Å². The lowest BCUT2D eigenvalue weighted by atomic mass is 10.1. The van der Waals surface area contributed by atoms with Crippen molar-refractivity contribution in [2.45, 2.75) is 46.3 Å². The molecule has 1 nitrogen and oxygen atoms in total. The zero-order valence-corrected chi connectivity index (χ0v) is 10.5. The van der Waals surface area contributed by atoms with E-state index in [1.54, 1.807) is 0 Å². The Labute approximate surface area is 79.1 Å². The van der Waals surface area contributed by atoms with Crippen LogP contribution in [0.1, 0.15) is 34.6 Å². The maximum atomic E-state index is 5.73. The Balaban J connectivity index is 3.51. The lowest BCUT2D eigenvalue weighted by Gasteiger charge is -2.20. The molecule has 0 atom stereocenters. The molecule has 2 heteroatoms. The average molecular weight is 186 g/mol. The van der Waals surface area contributed by atoms with Crippen LogP contribution in [-0.2, 0) is 4.43 Å². The van der Waals surface area contributed by atoms with E-state index in [1.165, 1.54) is 5.57 Å². The molecule has 0 fully saturated rings. The summed E-state index contributed by atoms with van der Waals surface area (Å²) in [6.07, 6.45) is 0. The molecule has 0 unspecified atom stereocenters. The third kappa shape index (κ3) is 6.62. The maximum absolute atomic E-state index is 5.73. The average Bonchev–Trinajstić information content (AvgIpc) is 1.84. The van der Waals surface area contributed by atoms with E-state index in [-0.39, 0.29) is 15.4 Å². The topological polar surface area (TPSA) is 9.23 Å². The molecule has 0 aromatic carbocycles. The summed E-state index contributed by atoms with van der Waals surface area (Å²) in [4.78, 5) is 0. The second-order valence-corrected chi connectivity index (χ2v) is 5.72. The van der Waals surface area contributed by atoms with E-state index < -0.39 is 0 Å². The zero-order valence-electron chi connectivity index (χ0n) is 9.11. The van der Waals surface area contributed by atoms with Crippen LogP contribution in [0.2, 0.25) is 6.04 Å². The predicted molar refractivity (Wildman–Crippen MR) is 58.2 cm³/mol. The van der Waals surface area contributed by atoms with Gasteiger partial charge in [-0.15, -0.1) is 0 Å². The van der Waals surface area contributed by atoms with Crippen molar-refractivity contribution in [2.24, 2.45) is 5.92 Å². The molecule has 0 aliphatic heterocycles. The zero-order chi connectivity index (χ0) is 9.78. The number of allylic oxidation sites excluding steroid dienone is 1. The smallest absolute Gasteiger partial charge is 0.166 e. The Hall–Kier alpha value is -0.0831. The predicted octanol–water partition coefficient (Wildman–Crippen LogP) is 2.52. The van der Waals surface area contributed by atoms with Crippen LogP contribution in [0.25, 0.3) is 0 Å². The minimum Gasteiger partial charge on any atom is -0.419 e. The van der Waals surface area contributed by atoms with Gasteiger partial charge in [-0.25, -0.2) is 0 Å². The molecule has 0 saturated heterocycles. The summed E-state index contributed by atoms with van der Waals surface area (Å²) in [6, 6.07) is 1.12. The molecule has 0 aliphatic carbocycles. The van der Waals surface area contributed by atoms with Gasteiger partial charge in [-0.3, -0.25) is 0 Å². The quantitative estimate of drug-likeness (QED) is 0.484. The molecule has 12 heavy (non-hydrogen) atoms. The second-order valence-electron chi connectivity index (χ2n) is 4.52. The summed E-state index contributed by atoms with van der Waals surface area (Å²) < 4.78 is 5.73. The van der Waals surface area contributed by atoms with Crippen LogP contribution in [0.4, 0.5) is 0 Å². The molecule has 0 spiro atoms. The van der Waals surface area contributed by atoms with Crippen molar-refractivity contribution in [1.82, 2.24) is 0 Å². The Bertz CT molecular complexity index is 144. The molecule has 0 aliphatic rings. The molecule has 0 amide bonds. The fraction of sp³-hybridized carbons (Fsp3) is 0.800. The van der Waals surface area contributed by atoms with Crippen LogP contribution in [0.5, 0.6) is 0 Å². The van der Waals surface area contributed by atoms with Crippen molar-refractivity contribution in [3.63, 3.8) is 0 Å². The molecule has 0 N–H and O–H groups in total. The monoisotopic (exact) mass is 186 g/mol. The van der Waals surface area contributed by atoms with Crippen LogP contribution in [-0.4, -0.2) is 15.4 Å². The Morgan fingerprint density at radius 1 is 1.42 bits per heavy atom. The highest BCUT2D eigenvalue weighted by atomic mass is 28.2. The first kappa shape index (κ1) is 11.9. The van der Waals surface area contributed by atoms with E-state index in [9.17, 15) is 0 Å². The highest BCUT2D eigenvalue weighted by Crippen LogP contribution is 2.13. The maximum Gasteiger partial charge on any atom is 0.166 e. The number of hydrogen-bond donors (Lipinski definition) is 0. The Kier molecular flexibility index (Phi) is 4.79.